The molecule has 28 heavy (non-hydrogen) atoms. The maximum Gasteiger partial charge on any atom is 0.244 e. The minimum absolute atomic E-state index is 0. The van der Waals surface area contributed by atoms with Crippen molar-refractivity contribution in [3.05, 3.63) is 30.3 Å². The number of piperazine rings is 1. The van der Waals surface area contributed by atoms with Gasteiger partial charge in [0, 0.05) is 50.2 Å². The van der Waals surface area contributed by atoms with Crippen LogP contribution in [0.3, 0.4) is 0 Å². The fraction of sp³-hybridized carbons (Fsp3) is 0.600. The number of para-hydroxylation sites is 1. The number of nitrogens with zero attached hydrogens (tertiary/aromatic N) is 3. The van der Waals surface area contributed by atoms with E-state index in [2.05, 4.69) is 44.8 Å². The van der Waals surface area contributed by atoms with Gasteiger partial charge >= 0.3 is 0 Å². The molecule has 1 aromatic carbocycles. The van der Waals surface area contributed by atoms with Crippen LogP contribution < -0.4 is 15.5 Å². The Hall–Kier alpha value is -1.16. The minimum atomic E-state index is 0. The quantitative estimate of drug-likeness (QED) is 0.345. The molecular formula is C20H32IN5OS. The second-order valence-electron chi connectivity index (χ2n) is 6.91. The lowest BCUT2D eigenvalue weighted by Crippen LogP contribution is -2.49. The summed E-state index contributed by atoms with van der Waals surface area (Å²) in [6.45, 7) is 7.23. The van der Waals surface area contributed by atoms with Crippen LogP contribution in [0.15, 0.2) is 35.3 Å². The third-order valence-corrected chi connectivity index (χ3v) is 6.39. The molecule has 156 valence electrons. The van der Waals surface area contributed by atoms with E-state index in [1.165, 1.54) is 24.3 Å². The number of guanidine groups is 1. The molecule has 2 aliphatic rings. The van der Waals surface area contributed by atoms with Gasteiger partial charge in [0.15, 0.2) is 5.96 Å². The molecule has 2 saturated heterocycles. The molecule has 0 spiro atoms. The highest BCUT2D eigenvalue weighted by Gasteiger charge is 2.21. The van der Waals surface area contributed by atoms with Gasteiger partial charge < -0.3 is 20.4 Å². The molecule has 8 heteroatoms. The third-order valence-electron chi connectivity index (χ3n) is 4.99. The topological polar surface area (TPSA) is 60.0 Å². The van der Waals surface area contributed by atoms with E-state index >= 15 is 0 Å². The molecule has 0 radical (unpaired) electrons. The average Bonchev–Trinajstić information content (AvgIpc) is 3.24. The maximum absolute atomic E-state index is 12.6. The van der Waals surface area contributed by atoms with Crippen LogP contribution in [0.2, 0.25) is 0 Å². The van der Waals surface area contributed by atoms with Crippen molar-refractivity contribution in [1.29, 1.82) is 0 Å². The summed E-state index contributed by atoms with van der Waals surface area (Å²) >= 11 is 2.02. The first-order valence-corrected chi connectivity index (χ1v) is 11.0. The molecule has 1 amide bonds. The van der Waals surface area contributed by atoms with Gasteiger partial charge in [0.2, 0.25) is 5.91 Å². The van der Waals surface area contributed by atoms with Crippen LogP contribution in [0.4, 0.5) is 5.69 Å². The molecule has 3 rings (SSSR count). The van der Waals surface area contributed by atoms with Gasteiger partial charge in [-0.15, -0.1) is 24.0 Å². The van der Waals surface area contributed by atoms with Crippen LogP contribution in [-0.2, 0) is 4.79 Å². The predicted octanol–water partition coefficient (Wildman–Crippen LogP) is 2.40. The zero-order chi connectivity index (χ0) is 18.9. The van der Waals surface area contributed by atoms with Crippen molar-refractivity contribution in [2.75, 3.05) is 56.5 Å². The smallest absolute Gasteiger partial charge is 0.244 e. The van der Waals surface area contributed by atoms with Gasteiger partial charge in [-0.25, -0.2) is 4.99 Å². The summed E-state index contributed by atoms with van der Waals surface area (Å²) in [5.41, 5.74) is 1.23. The first-order valence-electron chi connectivity index (χ1n) is 9.98. The van der Waals surface area contributed by atoms with Crippen molar-refractivity contribution in [3.8, 4) is 0 Å². The summed E-state index contributed by atoms with van der Waals surface area (Å²) in [5.74, 6) is 2.12. The van der Waals surface area contributed by atoms with Crippen LogP contribution >= 0.6 is 35.7 Å². The zero-order valence-electron chi connectivity index (χ0n) is 16.6. The van der Waals surface area contributed by atoms with E-state index in [4.69, 9.17) is 0 Å². The Morgan fingerprint density at radius 3 is 2.57 bits per heavy atom. The Kier molecular flexibility index (Phi) is 10.3. The van der Waals surface area contributed by atoms with Gasteiger partial charge in [0.1, 0.15) is 6.54 Å². The number of benzene rings is 1. The molecule has 0 aliphatic carbocycles. The molecule has 6 nitrogen and oxygen atoms in total. The van der Waals surface area contributed by atoms with E-state index in [1.54, 1.807) is 0 Å². The number of halogens is 1. The number of hydrogen-bond donors (Lipinski definition) is 2. The van der Waals surface area contributed by atoms with Gasteiger partial charge in [0.25, 0.3) is 0 Å². The first kappa shape index (κ1) is 23.1. The van der Waals surface area contributed by atoms with Gasteiger partial charge in [-0.05, 0) is 37.7 Å². The summed E-state index contributed by atoms with van der Waals surface area (Å²) in [6, 6.07) is 10.4. The number of carbonyl (C=O) groups is 1. The van der Waals surface area contributed by atoms with Gasteiger partial charge in [-0.2, -0.15) is 11.8 Å². The lowest BCUT2D eigenvalue weighted by Gasteiger charge is -2.36. The standard InChI is InChI=1S/C20H31N5OS.HI/c1-2-21-20(22-15-18-9-6-14-27-18)23-16-19(26)25-12-10-24(11-13-25)17-7-4-3-5-8-17;/h3-5,7-8,18H,2,6,9-16H2,1H3,(H2,21,22,23);1H. The summed E-state index contributed by atoms with van der Waals surface area (Å²) < 4.78 is 0. The Morgan fingerprint density at radius 2 is 1.93 bits per heavy atom. The molecule has 0 aromatic heterocycles. The zero-order valence-corrected chi connectivity index (χ0v) is 19.7. The molecule has 2 heterocycles. The largest absolute Gasteiger partial charge is 0.368 e. The molecule has 1 aromatic rings. The van der Waals surface area contributed by atoms with Crippen LogP contribution in [0.25, 0.3) is 0 Å². The number of carbonyl (C=O) groups excluding carboxylic acids is 1. The van der Waals surface area contributed by atoms with Crippen molar-refractivity contribution >= 4 is 53.3 Å². The highest BCUT2D eigenvalue weighted by molar-refractivity contribution is 14.0. The Morgan fingerprint density at radius 1 is 1.18 bits per heavy atom. The van der Waals surface area contributed by atoms with E-state index in [-0.39, 0.29) is 36.4 Å². The van der Waals surface area contributed by atoms with E-state index in [1.807, 2.05) is 29.7 Å². The van der Waals surface area contributed by atoms with Crippen molar-refractivity contribution < 1.29 is 4.79 Å². The number of thioether (sulfide) groups is 1. The maximum atomic E-state index is 12.6. The van der Waals surface area contributed by atoms with Crippen molar-refractivity contribution in [2.24, 2.45) is 4.99 Å². The summed E-state index contributed by atoms with van der Waals surface area (Å²) in [4.78, 5) is 21.3. The molecule has 1 unspecified atom stereocenters. The van der Waals surface area contributed by atoms with Crippen LogP contribution in [0, 0.1) is 0 Å². The number of rotatable bonds is 6. The van der Waals surface area contributed by atoms with E-state index < -0.39 is 0 Å². The fourth-order valence-corrected chi connectivity index (χ4v) is 4.66. The van der Waals surface area contributed by atoms with Gasteiger partial charge in [-0.3, -0.25) is 4.79 Å². The highest BCUT2D eigenvalue weighted by atomic mass is 127. The van der Waals surface area contributed by atoms with Gasteiger partial charge in [-0.1, -0.05) is 18.2 Å². The third kappa shape index (κ3) is 7.02. The summed E-state index contributed by atoms with van der Waals surface area (Å²) in [7, 11) is 0. The van der Waals surface area contributed by atoms with Crippen LogP contribution in [0.5, 0.6) is 0 Å². The number of amides is 1. The van der Waals surface area contributed by atoms with Crippen LogP contribution in [0.1, 0.15) is 19.8 Å². The minimum Gasteiger partial charge on any atom is -0.368 e. The molecule has 2 fully saturated rings. The van der Waals surface area contributed by atoms with Gasteiger partial charge in [0.05, 0.1) is 0 Å². The lowest BCUT2D eigenvalue weighted by atomic mass is 10.2. The predicted molar refractivity (Wildman–Crippen MR) is 130 cm³/mol. The Labute approximate surface area is 189 Å². The number of aliphatic imine (C=N–C) groups is 1. The normalized spacial score (nSPS) is 19.9. The van der Waals surface area contributed by atoms with Crippen molar-refractivity contribution in [3.63, 3.8) is 0 Å². The second kappa shape index (κ2) is 12.4. The average molecular weight is 517 g/mol. The second-order valence-corrected chi connectivity index (χ2v) is 8.32. The van der Waals surface area contributed by atoms with Crippen molar-refractivity contribution in [2.45, 2.75) is 25.0 Å². The number of hydrogen-bond acceptors (Lipinski definition) is 4. The number of nitrogens with one attached hydrogen (secondary N) is 2. The SMILES string of the molecule is CCNC(=NCC(=O)N1CCN(c2ccccc2)CC1)NCC1CCCS1.I. The van der Waals surface area contributed by atoms with E-state index in [9.17, 15) is 4.79 Å². The molecule has 2 N–H and O–H groups in total. The van der Waals surface area contributed by atoms with E-state index in [0.717, 1.165) is 45.2 Å². The Bertz CT molecular complexity index is 616. The van der Waals surface area contributed by atoms with E-state index in [0.29, 0.717) is 5.25 Å². The molecule has 2 aliphatic heterocycles. The molecule has 0 bridgehead atoms. The first-order chi connectivity index (χ1) is 13.3. The number of anilines is 1. The highest BCUT2D eigenvalue weighted by Crippen LogP contribution is 2.25. The lowest BCUT2D eigenvalue weighted by molar-refractivity contribution is -0.129. The van der Waals surface area contributed by atoms with Crippen LogP contribution in [-0.4, -0.2) is 73.6 Å². The summed E-state index contributed by atoms with van der Waals surface area (Å²) in [5, 5.41) is 7.30. The molecule has 0 saturated carbocycles. The monoisotopic (exact) mass is 517 g/mol. The fourth-order valence-electron chi connectivity index (χ4n) is 3.46. The Balaban J connectivity index is 0.00000280. The summed E-state index contributed by atoms with van der Waals surface area (Å²) in [6.07, 6.45) is 2.57. The molecular weight excluding hydrogens is 485 g/mol. The van der Waals surface area contributed by atoms with Crippen molar-refractivity contribution in [1.82, 2.24) is 15.5 Å². The molecule has 1 atom stereocenters.